The van der Waals surface area contributed by atoms with Crippen LogP contribution in [0.4, 0.5) is 0 Å². The Hall–Kier alpha value is -1.85. The summed E-state index contributed by atoms with van der Waals surface area (Å²) in [5.41, 5.74) is 0.752. The third-order valence-corrected chi connectivity index (χ3v) is 4.47. The Morgan fingerprint density at radius 2 is 2.05 bits per heavy atom. The highest BCUT2D eigenvalue weighted by Crippen LogP contribution is 2.40. The maximum Gasteiger partial charge on any atom is 0.303 e. The molecule has 20 heavy (non-hydrogen) atoms. The minimum atomic E-state index is -0.750. The molecule has 2 unspecified atom stereocenters. The van der Waals surface area contributed by atoms with Crippen molar-refractivity contribution >= 4 is 11.9 Å². The number of carbonyl (C=O) groups excluding carboxylic acids is 1. The molecule has 0 radical (unpaired) electrons. The molecule has 0 spiro atoms. The number of rotatable bonds is 3. The number of aryl methyl sites for hydroxylation is 1. The summed E-state index contributed by atoms with van der Waals surface area (Å²) in [4.78, 5) is 25.3. The first-order chi connectivity index (χ1) is 9.56. The molecular formula is C14H18N2O4. The van der Waals surface area contributed by atoms with E-state index in [0.717, 1.165) is 31.2 Å². The molecule has 1 amide bonds. The van der Waals surface area contributed by atoms with E-state index in [1.807, 2.05) is 11.8 Å². The summed E-state index contributed by atoms with van der Waals surface area (Å²) < 4.78 is 5.06. The van der Waals surface area contributed by atoms with Gasteiger partial charge in [-0.1, -0.05) is 5.16 Å². The lowest BCUT2D eigenvalue weighted by Crippen LogP contribution is -2.46. The normalized spacial score (nSPS) is 28.6. The quantitative estimate of drug-likeness (QED) is 0.912. The van der Waals surface area contributed by atoms with Crippen molar-refractivity contribution in [2.24, 2.45) is 5.92 Å². The van der Waals surface area contributed by atoms with Gasteiger partial charge in [-0.25, -0.2) is 0 Å². The van der Waals surface area contributed by atoms with Gasteiger partial charge < -0.3 is 14.5 Å². The van der Waals surface area contributed by atoms with E-state index in [-0.39, 0.29) is 30.3 Å². The van der Waals surface area contributed by atoms with E-state index in [2.05, 4.69) is 5.16 Å². The fourth-order valence-electron chi connectivity index (χ4n) is 3.65. The molecule has 2 bridgehead atoms. The molecule has 2 atom stereocenters. The summed E-state index contributed by atoms with van der Waals surface area (Å²) >= 11 is 0. The monoisotopic (exact) mass is 278 g/mol. The first-order valence-corrected chi connectivity index (χ1v) is 7.02. The minimum absolute atomic E-state index is 0.0960. The van der Waals surface area contributed by atoms with Crippen molar-refractivity contribution in [1.82, 2.24) is 10.1 Å². The van der Waals surface area contributed by atoms with E-state index in [1.165, 1.54) is 0 Å². The van der Waals surface area contributed by atoms with Gasteiger partial charge in [0, 0.05) is 24.1 Å². The lowest BCUT2D eigenvalue weighted by atomic mass is 9.88. The molecule has 2 fully saturated rings. The molecule has 2 aliphatic rings. The number of carbonyl (C=O) groups is 2. The number of carboxylic acids is 1. The summed E-state index contributed by atoms with van der Waals surface area (Å²) in [6.45, 7) is 1.81. The second kappa shape index (κ2) is 4.92. The molecule has 2 aliphatic heterocycles. The lowest BCUT2D eigenvalue weighted by Gasteiger charge is -2.38. The Balaban J connectivity index is 1.76. The molecule has 2 saturated heterocycles. The van der Waals surface area contributed by atoms with Crippen LogP contribution in [-0.2, 0) is 4.79 Å². The zero-order valence-electron chi connectivity index (χ0n) is 11.4. The Morgan fingerprint density at radius 3 is 2.55 bits per heavy atom. The fourth-order valence-corrected chi connectivity index (χ4v) is 3.65. The number of fused-ring (bicyclic) bond motifs is 2. The van der Waals surface area contributed by atoms with Crippen molar-refractivity contribution in [2.75, 3.05) is 0 Å². The number of amides is 1. The second-order valence-corrected chi connectivity index (χ2v) is 5.87. The summed E-state index contributed by atoms with van der Waals surface area (Å²) in [5.74, 6) is -0.343. The summed E-state index contributed by atoms with van der Waals surface area (Å²) in [6.07, 6.45) is 5.23. The lowest BCUT2D eigenvalue weighted by molar-refractivity contribution is -0.138. The zero-order valence-corrected chi connectivity index (χ0v) is 11.4. The Morgan fingerprint density at radius 1 is 1.40 bits per heavy atom. The van der Waals surface area contributed by atoms with Crippen LogP contribution in [0.2, 0.25) is 0 Å². The van der Waals surface area contributed by atoms with Crippen molar-refractivity contribution in [3.63, 3.8) is 0 Å². The third kappa shape index (κ3) is 2.19. The Labute approximate surface area is 116 Å². The van der Waals surface area contributed by atoms with Gasteiger partial charge >= 0.3 is 5.97 Å². The van der Waals surface area contributed by atoms with Crippen molar-refractivity contribution in [2.45, 2.75) is 51.1 Å². The SMILES string of the molecule is Cc1cnoc1C(=O)N1C2CCC1CC(CC(=O)O)C2. The second-order valence-electron chi connectivity index (χ2n) is 5.87. The topological polar surface area (TPSA) is 83.6 Å². The summed E-state index contributed by atoms with van der Waals surface area (Å²) in [5, 5.41) is 12.6. The van der Waals surface area contributed by atoms with Gasteiger partial charge in [0.2, 0.25) is 5.76 Å². The van der Waals surface area contributed by atoms with E-state index in [4.69, 9.17) is 9.63 Å². The van der Waals surface area contributed by atoms with Crippen molar-refractivity contribution in [3.05, 3.63) is 17.5 Å². The van der Waals surface area contributed by atoms with Gasteiger partial charge in [0.15, 0.2) is 0 Å². The molecule has 3 rings (SSSR count). The number of nitrogens with zero attached hydrogens (tertiary/aromatic N) is 2. The molecule has 6 nitrogen and oxygen atoms in total. The molecule has 0 aromatic carbocycles. The van der Waals surface area contributed by atoms with Crippen LogP contribution in [0.25, 0.3) is 0 Å². The number of aromatic nitrogens is 1. The summed E-state index contributed by atoms with van der Waals surface area (Å²) in [6, 6.07) is 0.296. The van der Waals surface area contributed by atoms with Crippen molar-refractivity contribution in [1.29, 1.82) is 0 Å². The molecular weight excluding hydrogens is 260 g/mol. The van der Waals surface area contributed by atoms with Gasteiger partial charge in [0.05, 0.1) is 6.20 Å². The highest BCUT2D eigenvalue weighted by Gasteiger charge is 2.44. The number of hydrogen-bond acceptors (Lipinski definition) is 4. The number of aliphatic carboxylic acids is 1. The van der Waals surface area contributed by atoms with Crippen LogP contribution in [0, 0.1) is 12.8 Å². The molecule has 6 heteroatoms. The van der Waals surface area contributed by atoms with Gasteiger partial charge in [-0.3, -0.25) is 9.59 Å². The standard InChI is InChI=1S/C14H18N2O4/c1-8-7-15-20-13(8)14(19)16-10-2-3-11(16)5-9(4-10)6-12(17)18/h7,9-11H,2-6H2,1H3,(H,17,18). The number of hydrogen-bond donors (Lipinski definition) is 1. The van der Waals surface area contributed by atoms with E-state index in [1.54, 1.807) is 6.20 Å². The maximum atomic E-state index is 12.5. The first-order valence-electron chi connectivity index (χ1n) is 7.02. The van der Waals surface area contributed by atoms with Crippen LogP contribution in [0.3, 0.4) is 0 Å². The minimum Gasteiger partial charge on any atom is -0.481 e. The molecule has 3 heterocycles. The number of carboxylic acid groups (broad SMARTS) is 1. The van der Waals surface area contributed by atoms with Crippen LogP contribution in [0.1, 0.15) is 48.2 Å². The largest absolute Gasteiger partial charge is 0.481 e. The molecule has 108 valence electrons. The van der Waals surface area contributed by atoms with Gasteiger partial charge in [0.1, 0.15) is 0 Å². The molecule has 1 aromatic rings. The highest BCUT2D eigenvalue weighted by molar-refractivity contribution is 5.93. The third-order valence-electron chi connectivity index (χ3n) is 4.47. The zero-order chi connectivity index (χ0) is 14.3. The van der Waals surface area contributed by atoms with Crippen molar-refractivity contribution in [3.8, 4) is 0 Å². The molecule has 0 aliphatic carbocycles. The van der Waals surface area contributed by atoms with Crippen LogP contribution >= 0.6 is 0 Å². The summed E-state index contributed by atoms with van der Waals surface area (Å²) in [7, 11) is 0. The fraction of sp³-hybridized carbons (Fsp3) is 0.643. The average Bonchev–Trinajstić information content (AvgIpc) is 2.90. The van der Waals surface area contributed by atoms with Gasteiger partial charge in [-0.2, -0.15) is 0 Å². The van der Waals surface area contributed by atoms with Crippen LogP contribution in [0.15, 0.2) is 10.7 Å². The van der Waals surface area contributed by atoms with Gasteiger partial charge in [0.25, 0.3) is 5.91 Å². The molecule has 1 N–H and O–H groups in total. The number of piperidine rings is 1. The smallest absolute Gasteiger partial charge is 0.303 e. The molecule has 0 saturated carbocycles. The predicted octanol–water partition coefficient (Wildman–Crippen LogP) is 1.84. The van der Waals surface area contributed by atoms with E-state index < -0.39 is 5.97 Å². The molecule has 1 aromatic heterocycles. The van der Waals surface area contributed by atoms with Gasteiger partial charge in [-0.15, -0.1) is 0 Å². The maximum absolute atomic E-state index is 12.5. The van der Waals surface area contributed by atoms with E-state index in [9.17, 15) is 9.59 Å². The Bertz CT molecular complexity index is 525. The Kier molecular flexibility index (Phi) is 3.23. The first kappa shape index (κ1) is 13.1. The van der Waals surface area contributed by atoms with Crippen LogP contribution in [0.5, 0.6) is 0 Å². The predicted molar refractivity (Wildman–Crippen MR) is 69.2 cm³/mol. The van der Waals surface area contributed by atoms with E-state index >= 15 is 0 Å². The van der Waals surface area contributed by atoms with Crippen LogP contribution in [-0.4, -0.2) is 39.1 Å². The highest BCUT2D eigenvalue weighted by atomic mass is 16.5. The van der Waals surface area contributed by atoms with Gasteiger partial charge in [-0.05, 0) is 38.5 Å². The van der Waals surface area contributed by atoms with Crippen LogP contribution < -0.4 is 0 Å². The van der Waals surface area contributed by atoms with Crippen molar-refractivity contribution < 1.29 is 19.2 Å². The van der Waals surface area contributed by atoms with E-state index in [0.29, 0.717) is 5.76 Å². The average molecular weight is 278 g/mol.